The molecule has 104 valence electrons. The van der Waals surface area contributed by atoms with Crippen LogP contribution in [0.5, 0.6) is 0 Å². The number of hydrogen-bond acceptors (Lipinski definition) is 0. The Labute approximate surface area is 112 Å². The second kappa shape index (κ2) is 6.56. The first-order valence-corrected chi connectivity index (χ1v) is 14.1. The molecule has 0 aliphatic rings. The third-order valence-corrected chi connectivity index (χ3v) is 27.9. The summed E-state index contributed by atoms with van der Waals surface area (Å²) in [5.74, 6) is 0. The van der Waals surface area contributed by atoms with Crippen LogP contribution in [-0.4, -0.2) is 15.2 Å². The van der Waals surface area contributed by atoms with Gasteiger partial charge in [0.05, 0.1) is 7.59 Å². The van der Waals surface area contributed by atoms with Gasteiger partial charge in [-0.2, -0.15) is 0 Å². The van der Waals surface area contributed by atoms with Crippen molar-refractivity contribution < 1.29 is 0 Å². The fraction of sp³-hybridized carbons (Fsp3) is 1.00. The summed E-state index contributed by atoms with van der Waals surface area (Å²) in [6.45, 7) is 22.9. The van der Waals surface area contributed by atoms with Crippen LogP contribution in [0, 0.1) is 0 Å². The lowest BCUT2D eigenvalue weighted by molar-refractivity contribution is 0.826. The van der Waals surface area contributed by atoms with Gasteiger partial charge in [0.15, 0.2) is 0 Å². The topological polar surface area (TPSA) is 0 Å². The van der Waals surface area contributed by atoms with Crippen molar-refractivity contribution in [2.24, 2.45) is 0 Å². The molecule has 0 unspecified atom stereocenters. The van der Waals surface area contributed by atoms with E-state index in [1.54, 1.807) is 6.04 Å². The van der Waals surface area contributed by atoms with Gasteiger partial charge in [-0.3, -0.25) is 0 Å². The monoisotopic (exact) mass is 272 g/mol. The maximum atomic E-state index is 2.70. The minimum atomic E-state index is -1.15. The highest BCUT2D eigenvalue weighted by molar-refractivity contribution is 7.43. The summed E-state index contributed by atoms with van der Waals surface area (Å²) in [6.07, 6.45) is 2.83. The van der Waals surface area contributed by atoms with E-state index < -0.39 is 15.2 Å². The van der Waals surface area contributed by atoms with Crippen molar-refractivity contribution in [2.75, 3.05) is 0 Å². The molecule has 0 amide bonds. The highest BCUT2D eigenvalue weighted by Crippen LogP contribution is 2.49. The molecular weight excluding hydrogens is 236 g/mol. The molecule has 0 saturated carbocycles. The molecular formula is C15H36Si2. The molecule has 0 spiro atoms. The molecule has 17 heavy (non-hydrogen) atoms. The lowest BCUT2D eigenvalue weighted by atomic mass is 10.4. The van der Waals surface area contributed by atoms with E-state index in [4.69, 9.17) is 0 Å². The van der Waals surface area contributed by atoms with Crippen LogP contribution in [0.1, 0.15) is 61.3 Å². The second-order valence-corrected chi connectivity index (χ2v) is 23.6. The van der Waals surface area contributed by atoms with Crippen LogP contribution in [0.15, 0.2) is 0 Å². The fourth-order valence-electron chi connectivity index (χ4n) is 5.18. The van der Waals surface area contributed by atoms with E-state index in [-0.39, 0.29) is 0 Å². The van der Waals surface area contributed by atoms with Gasteiger partial charge in [0.2, 0.25) is 0 Å². The van der Waals surface area contributed by atoms with E-state index in [1.165, 1.54) is 12.8 Å². The van der Waals surface area contributed by atoms with E-state index in [1.807, 2.05) is 0 Å². The molecule has 0 aromatic heterocycles. The minimum Gasteiger partial charge on any atom is -0.0712 e. The lowest BCUT2D eigenvalue weighted by Crippen LogP contribution is -2.64. The highest BCUT2D eigenvalue weighted by Gasteiger charge is 2.53. The summed E-state index contributed by atoms with van der Waals surface area (Å²) < 4.78 is 0. The Morgan fingerprint density at radius 2 is 1.12 bits per heavy atom. The fourth-order valence-corrected chi connectivity index (χ4v) is 31.4. The maximum absolute atomic E-state index is 2.70. The summed E-state index contributed by atoms with van der Waals surface area (Å²) >= 11 is 0. The van der Waals surface area contributed by atoms with Crippen molar-refractivity contribution in [2.45, 2.75) is 97.1 Å². The summed E-state index contributed by atoms with van der Waals surface area (Å²) in [7, 11) is -2.21. The zero-order chi connectivity index (χ0) is 13.9. The molecule has 0 heterocycles. The maximum Gasteiger partial charge on any atom is 0.0549 e. The van der Waals surface area contributed by atoms with Gasteiger partial charge >= 0.3 is 0 Å². The Hall–Kier alpha value is 0.434. The Morgan fingerprint density at radius 1 is 0.765 bits per heavy atom. The van der Waals surface area contributed by atoms with Gasteiger partial charge in [0.1, 0.15) is 0 Å². The third kappa shape index (κ3) is 3.25. The average Bonchev–Trinajstić information content (AvgIpc) is 2.12. The van der Waals surface area contributed by atoms with Crippen LogP contribution in [0.2, 0.25) is 35.8 Å². The van der Waals surface area contributed by atoms with Crippen LogP contribution < -0.4 is 0 Å². The van der Waals surface area contributed by atoms with Crippen LogP contribution in [0.25, 0.3) is 0 Å². The predicted octanol–water partition coefficient (Wildman–Crippen LogP) is 6.25. The quantitative estimate of drug-likeness (QED) is 0.480. The van der Waals surface area contributed by atoms with Crippen molar-refractivity contribution >= 4 is 15.2 Å². The van der Waals surface area contributed by atoms with Gasteiger partial charge in [-0.15, -0.1) is 0 Å². The average molecular weight is 273 g/mol. The molecule has 0 atom stereocenters. The summed E-state index contributed by atoms with van der Waals surface area (Å²) in [5.41, 5.74) is 2.84. The standard InChI is InChI=1S/C15H36Si2/c1-10-11-12-16(8,9)17(13(2)3,14(4)5)15(6)7/h13-15H,10-12H2,1-9H3. The van der Waals surface area contributed by atoms with Crippen LogP contribution in [0.4, 0.5) is 0 Å². The van der Waals surface area contributed by atoms with Crippen LogP contribution >= 0.6 is 0 Å². The Bertz CT molecular complexity index is 195. The zero-order valence-electron chi connectivity index (χ0n) is 13.9. The van der Waals surface area contributed by atoms with Crippen LogP contribution in [0.3, 0.4) is 0 Å². The van der Waals surface area contributed by atoms with Gasteiger partial charge in [0.25, 0.3) is 0 Å². The lowest BCUT2D eigenvalue weighted by Gasteiger charge is -2.53. The third-order valence-electron chi connectivity index (χ3n) is 5.19. The van der Waals surface area contributed by atoms with Crippen molar-refractivity contribution in [1.29, 1.82) is 0 Å². The number of unbranched alkanes of at least 4 members (excludes halogenated alkanes) is 1. The zero-order valence-corrected chi connectivity index (χ0v) is 15.9. The molecule has 0 aromatic carbocycles. The number of rotatable bonds is 7. The summed E-state index contributed by atoms with van der Waals surface area (Å²) in [6, 6.07) is 1.56. The Kier molecular flexibility index (Phi) is 6.72. The van der Waals surface area contributed by atoms with E-state index >= 15 is 0 Å². The molecule has 0 aromatic rings. The molecule has 0 aliphatic carbocycles. The molecule has 0 bridgehead atoms. The van der Waals surface area contributed by atoms with E-state index in [9.17, 15) is 0 Å². The molecule has 0 radical (unpaired) electrons. The molecule has 0 fully saturated rings. The highest BCUT2D eigenvalue weighted by atomic mass is 29.3. The first-order chi connectivity index (χ1) is 7.64. The molecule has 0 N–H and O–H groups in total. The molecule has 0 aliphatic heterocycles. The smallest absolute Gasteiger partial charge is 0.0549 e. The van der Waals surface area contributed by atoms with Crippen molar-refractivity contribution in [3.05, 3.63) is 0 Å². The first kappa shape index (κ1) is 17.4. The van der Waals surface area contributed by atoms with Crippen molar-refractivity contribution in [3.8, 4) is 0 Å². The normalized spacial score (nSPS) is 14.1. The second-order valence-electron chi connectivity index (χ2n) is 7.38. The van der Waals surface area contributed by atoms with Gasteiger partial charge in [0, 0.05) is 7.59 Å². The van der Waals surface area contributed by atoms with E-state index in [0.717, 1.165) is 16.6 Å². The SMILES string of the molecule is CCCC[Si](C)(C)[Si](C(C)C)(C(C)C)C(C)C. The predicted molar refractivity (Wildman–Crippen MR) is 88.2 cm³/mol. The Morgan fingerprint density at radius 3 is 1.35 bits per heavy atom. The van der Waals surface area contributed by atoms with Crippen molar-refractivity contribution in [3.63, 3.8) is 0 Å². The number of hydrogen-bond donors (Lipinski definition) is 0. The van der Waals surface area contributed by atoms with E-state index in [2.05, 4.69) is 61.6 Å². The van der Waals surface area contributed by atoms with Crippen molar-refractivity contribution in [1.82, 2.24) is 0 Å². The summed E-state index contributed by atoms with van der Waals surface area (Å²) in [4.78, 5) is 0. The van der Waals surface area contributed by atoms with E-state index in [0.29, 0.717) is 0 Å². The molecule has 0 rings (SSSR count). The van der Waals surface area contributed by atoms with Crippen LogP contribution in [-0.2, 0) is 0 Å². The molecule has 0 nitrogen and oxygen atoms in total. The van der Waals surface area contributed by atoms with Gasteiger partial charge in [-0.1, -0.05) is 97.1 Å². The Balaban J connectivity index is 5.42. The largest absolute Gasteiger partial charge is 0.0712 e. The van der Waals surface area contributed by atoms with Gasteiger partial charge < -0.3 is 0 Å². The van der Waals surface area contributed by atoms with Gasteiger partial charge in [-0.05, 0) is 0 Å². The minimum absolute atomic E-state index is 0.945. The first-order valence-electron chi connectivity index (χ1n) is 7.64. The van der Waals surface area contributed by atoms with Gasteiger partial charge in [-0.25, -0.2) is 0 Å². The molecule has 0 saturated heterocycles. The summed E-state index contributed by atoms with van der Waals surface area (Å²) in [5, 5.41) is 0. The molecule has 2 heteroatoms.